The van der Waals surface area contributed by atoms with Gasteiger partial charge in [-0.2, -0.15) is 0 Å². The molecule has 6 nitrogen and oxygen atoms in total. The van der Waals surface area contributed by atoms with E-state index in [9.17, 15) is 13.2 Å². The normalized spacial score (nSPS) is 25.5. The summed E-state index contributed by atoms with van der Waals surface area (Å²) in [5.41, 5.74) is 0. The third-order valence-electron chi connectivity index (χ3n) is 4.77. The Morgan fingerprint density at radius 1 is 1.29 bits per heavy atom. The van der Waals surface area contributed by atoms with Gasteiger partial charge >= 0.3 is 0 Å². The number of nitrogens with zero attached hydrogens (tertiary/aromatic N) is 1. The summed E-state index contributed by atoms with van der Waals surface area (Å²) in [4.78, 5) is 12.0. The first kappa shape index (κ1) is 21.7. The molecule has 0 spiro atoms. The molecule has 0 bridgehead atoms. The molecular formula is C16H32ClN3O3S. The number of hydrogen-bond donors (Lipinski definition) is 2. The molecule has 8 heteroatoms. The Morgan fingerprint density at radius 3 is 2.67 bits per heavy atom. The zero-order valence-electron chi connectivity index (χ0n) is 14.8. The van der Waals surface area contributed by atoms with Crippen molar-refractivity contribution in [1.82, 2.24) is 14.9 Å². The number of hydrogen-bond acceptors (Lipinski definition) is 4. The lowest BCUT2D eigenvalue weighted by Crippen LogP contribution is -2.47. The molecule has 2 rings (SSSR count). The third kappa shape index (κ3) is 6.50. The van der Waals surface area contributed by atoms with E-state index in [4.69, 9.17) is 0 Å². The summed E-state index contributed by atoms with van der Waals surface area (Å²) >= 11 is 0. The fourth-order valence-corrected chi connectivity index (χ4v) is 5.11. The Hall–Kier alpha value is -0.370. The van der Waals surface area contributed by atoms with Crippen LogP contribution in [0.4, 0.5) is 0 Å². The van der Waals surface area contributed by atoms with E-state index in [1.54, 1.807) is 4.31 Å². The standard InChI is InChI=1S/C16H31N3O3S.ClH/c1-13(2)7-10-23(21,22)19-9-4-5-14(12-19)11-18-16(20)15-6-3-8-17-15;/h13-15,17H,3-12H2,1-2H3,(H,18,20);1H. The first-order valence-electron chi connectivity index (χ1n) is 8.87. The van der Waals surface area contributed by atoms with E-state index in [1.807, 2.05) is 13.8 Å². The molecule has 2 unspecified atom stereocenters. The van der Waals surface area contributed by atoms with E-state index in [-0.39, 0.29) is 36.0 Å². The first-order valence-corrected chi connectivity index (χ1v) is 10.5. The third-order valence-corrected chi connectivity index (χ3v) is 6.64. The number of carbonyl (C=O) groups excluding carboxylic acids is 1. The predicted molar refractivity (Wildman–Crippen MR) is 98.8 cm³/mol. The molecule has 0 aromatic rings. The number of sulfonamides is 1. The first-order chi connectivity index (χ1) is 10.9. The van der Waals surface area contributed by atoms with Gasteiger partial charge < -0.3 is 10.6 Å². The molecule has 2 heterocycles. The summed E-state index contributed by atoms with van der Waals surface area (Å²) < 4.78 is 26.5. The summed E-state index contributed by atoms with van der Waals surface area (Å²) in [6, 6.07) is -0.0653. The van der Waals surface area contributed by atoms with Crippen LogP contribution in [0.25, 0.3) is 0 Å². The number of rotatable bonds is 7. The molecular weight excluding hydrogens is 350 g/mol. The van der Waals surface area contributed by atoms with Gasteiger partial charge in [-0.15, -0.1) is 12.4 Å². The highest BCUT2D eigenvalue weighted by Gasteiger charge is 2.29. The van der Waals surface area contributed by atoms with Gasteiger partial charge in [-0.3, -0.25) is 4.79 Å². The van der Waals surface area contributed by atoms with E-state index >= 15 is 0 Å². The minimum atomic E-state index is -3.16. The smallest absolute Gasteiger partial charge is 0.237 e. The molecule has 24 heavy (non-hydrogen) atoms. The highest BCUT2D eigenvalue weighted by atomic mass is 35.5. The molecule has 0 aliphatic carbocycles. The average Bonchev–Trinajstić information content (AvgIpc) is 3.05. The minimum absolute atomic E-state index is 0. The van der Waals surface area contributed by atoms with Crippen LogP contribution >= 0.6 is 12.4 Å². The SMILES string of the molecule is CC(C)CCS(=O)(=O)N1CCCC(CNC(=O)C2CCCN2)C1.Cl. The molecule has 2 aliphatic rings. The van der Waals surface area contributed by atoms with E-state index in [1.165, 1.54) is 0 Å². The molecule has 2 N–H and O–H groups in total. The number of carbonyl (C=O) groups is 1. The van der Waals surface area contributed by atoms with Gasteiger partial charge in [-0.1, -0.05) is 13.8 Å². The maximum Gasteiger partial charge on any atom is 0.237 e. The Kier molecular flexibility index (Phi) is 8.98. The lowest BCUT2D eigenvalue weighted by atomic mass is 9.99. The Balaban J connectivity index is 0.00000288. The summed E-state index contributed by atoms with van der Waals surface area (Å²) in [5.74, 6) is 0.907. The largest absolute Gasteiger partial charge is 0.354 e. The monoisotopic (exact) mass is 381 g/mol. The van der Waals surface area contributed by atoms with Crippen molar-refractivity contribution in [3.05, 3.63) is 0 Å². The topological polar surface area (TPSA) is 78.5 Å². The summed E-state index contributed by atoms with van der Waals surface area (Å²) in [6.45, 7) is 6.73. The van der Waals surface area contributed by atoms with Crippen LogP contribution in [0.2, 0.25) is 0 Å². The van der Waals surface area contributed by atoms with Crippen LogP contribution in [0.1, 0.15) is 46.0 Å². The second kappa shape index (κ2) is 9.94. The van der Waals surface area contributed by atoms with Gasteiger partial charge in [0, 0.05) is 19.6 Å². The zero-order chi connectivity index (χ0) is 16.9. The second-order valence-corrected chi connectivity index (χ2v) is 9.35. The fourth-order valence-electron chi connectivity index (χ4n) is 3.24. The van der Waals surface area contributed by atoms with Gasteiger partial charge in [0.25, 0.3) is 0 Å². The fraction of sp³-hybridized carbons (Fsp3) is 0.938. The summed E-state index contributed by atoms with van der Waals surface area (Å²) in [5, 5.41) is 6.18. The number of halogens is 1. The van der Waals surface area contributed by atoms with Crippen molar-refractivity contribution in [1.29, 1.82) is 0 Å². The second-order valence-electron chi connectivity index (χ2n) is 7.26. The van der Waals surface area contributed by atoms with Gasteiger partial charge in [0.15, 0.2) is 0 Å². The van der Waals surface area contributed by atoms with Gasteiger partial charge in [0.05, 0.1) is 11.8 Å². The highest BCUT2D eigenvalue weighted by Crippen LogP contribution is 2.20. The van der Waals surface area contributed by atoms with Crippen molar-refractivity contribution >= 4 is 28.3 Å². The van der Waals surface area contributed by atoms with Crippen molar-refractivity contribution < 1.29 is 13.2 Å². The van der Waals surface area contributed by atoms with Crippen LogP contribution in [0.5, 0.6) is 0 Å². The quantitative estimate of drug-likeness (QED) is 0.698. The lowest BCUT2D eigenvalue weighted by molar-refractivity contribution is -0.123. The molecule has 2 saturated heterocycles. The van der Waals surface area contributed by atoms with E-state index < -0.39 is 10.0 Å². The number of amides is 1. The van der Waals surface area contributed by atoms with Crippen molar-refractivity contribution in [3.8, 4) is 0 Å². The van der Waals surface area contributed by atoms with Crippen LogP contribution in [0.15, 0.2) is 0 Å². The van der Waals surface area contributed by atoms with Crippen LogP contribution in [0, 0.1) is 11.8 Å². The molecule has 2 atom stereocenters. The molecule has 142 valence electrons. The van der Waals surface area contributed by atoms with Crippen molar-refractivity contribution in [2.75, 3.05) is 31.9 Å². The summed E-state index contributed by atoms with van der Waals surface area (Å²) in [7, 11) is -3.16. The van der Waals surface area contributed by atoms with Crippen molar-refractivity contribution in [3.63, 3.8) is 0 Å². The van der Waals surface area contributed by atoms with Gasteiger partial charge in [0.1, 0.15) is 0 Å². The molecule has 1 amide bonds. The number of piperidine rings is 1. The van der Waals surface area contributed by atoms with Crippen LogP contribution in [0.3, 0.4) is 0 Å². The molecule has 2 aliphatic heterocycles. The van der Waals surface area contributed by atoms with Crippen molar-refractivity contribution in [2.24, 2.45) is 11.8 Å². The Labute approximate surface area is 152 Å². The van der Waals surface area contributed by atoms with E-state index in [0.29, 0.717) is 32.0 Å². The summed E-state index contributed by atoms with van der Waals surface area (Å²) in [6.07, 6.45) is 4.50. The zero-order valence-corrected chi connectivity index (χ0v) is 16.4. The Morgan fingerprint density at radius 2 is 2.04 bits per heavy atom. The predicted octanol–water partition coefficient (Wildman–Crippen LogP) is 1.36. The average molecular weight is 382 g/mol. The van der Waals surface area contributed by atoms with Crippen LogP contribution in [-0.2, 0) is 14.8 Å². The van der Waals surface area contributed by atoms with Gasteiger partial charge in [-0.05, 0) is 50.5 Å². The number of nitrogens with one attached hydrogen (secondary N) is 2. The molecule has 0 aromatic carbocycles. The lowest BCUT2D eigenvalue weighted by Gasteiger charge is -2.32. The highest BCUT2D eigenvalue weighted by molar-refractivity contribution is 7.89. The van der Waals surface area contributed by atoms with E-state index in [0.717, 1.165) is 32.2 Å². The maximum atomic E-state index is 12.4. The minimum Gasteiger partial charge on any atom is -0.354 e. The maximum absolute atomic E-state index is 12.4. The van der Waals surface area contributed by atoms with Crippen molar-refractivity contribution in [2.45, 2.75) is 52.0 Å². The molecule has 0 saturated carbocycles. The molecule has 0 aromatic heterocycles. The molecule has 2 fully saturated rings. The van der Waals surface area contributed by atoms with Crippen LogP contribution < -0.4 is 10.6 Å². The van der Waals surface area contributed by atoms with Gasteiger partial charge in [0.2, 0.25) is 15.9 Å². The Bertz CT molecular complexity index is 493. The van der Waals surface area contributed by atoms with Crippen LogP contribution in [-0.4, -0.2) is 56.6 Å². The van der Waals surface area contributed by atoms with E-state index in [2.05, 4.69) is 10.6 Å². The van der Waals surface area contributed by atoms with Gasteiger partial charge in [-0.25, -0.2) is 12.7 Å². The molecule has 0 radical (unpaired) electrons.